The Morgan fingerprint density at radius 1 is 0.196 bits per heavy atom. The highest BCUT2D eigenvalue weighted by Gasteiger charge is 2.10. The van der Waals surface area contributed by atoms with Crippen molar-refractivity contribution >= 4 is 45.5 Å². The quantitative estimate of drug-likeness (QED) is 0.0294. The molecule has 0 aliphatic carbocycles. The molecule has 7 heterocycles. The third-order valence-corrected chi connectivity index (χ3v) is 17.6. The second kappa shape index (κ2) is 38.5. The average Bonchev–Trinajstić information content (AvgIpc) is 2.18. The fraction of sp³-hybridized carbons (Fsp3) is 0.381. The largest absolute Gasteiger partial charge is 0.385 e. The molecular weight excluding hydrogens is 1120 g/mol. The number of benzene rings is 8. The molecule has 15 rings (SSSR count). The van der Waals surface area contributed by atoms with Crippen LogP contribution in [-0.2, 0) is 0 Å². The van der Waals surface area contributed by atoms with Crippen molar-refractivity contribution in [2.75, 3.05) is 47.4 Å². The molecule has 0 saturated heterocycles. The minimum Gasteiger partial charge on any atom is -0.385 e. The van der Waals surface area contributed by atoms with E-state index >= 15 is 0 Å². The molecule has 0 aromatic heterocycles. The molecule has 92 heavy (non-hydrogen) atoms. The van der Waals surface area contributed by atoms with Crippen LogP contribution in [0.2, 0.25) is 0 Å². The van der Waals surface area contributed by atoms with Crippen LogP contribution >= 0.6 is 0 Å². The summed E-state index contributed by atoms with van der Waals surface area (Å²) in [4.78, 5) is 21.9. The Bertz CT molecular complexity index is 3420. The van der Waals surface area contributed by atoms with Crippen molar-refractivity contribution in [2.24, 2.45) is 20.0 Å². The summed E-state index contributed by atoms with van der Waals surface area (Å²) in [7, 11) is 0. The van der Waals surface area contributed by atoms with Crippen LogP contribution in [0.25, 0.3) is 22.8 Å². The first-order chi connectivity index (χ1) is 45.5. The maximum atomic E-state index is 5.48. The maximum Gasteiger partial charge on any atom is 0.0781 e. The van der Waals surface area contributed by atoms with Crippen molar-refractivity contribution in [1.82, 2.24) is 0 Å². The number of hydrogen-bond donors (Lipinski definition) is 4. The second-order valence-electron chi connectivity index (χ2n) is 25.1. The zero-order chi connectivity index (χ0) is 63.6. The summed E-state index contributed by atoms with van der Waals surface area (Å²) in [5.41, 5.74) is 12.2. The summed E-state index contributed by atoms with van der Waals surface area (Å²) in [6.45, 7) is 13.0. The Morgan fingerprint density at radius 3 is 0.554 bits per heavy atom. The number of nitrogens with one attached hydrogen (secondary N) is 4. The fourth-order valence-corrected chi connectivity index (χ4v) is 12.0. The Balaban J connectivity index is 1.15. The first kappa shape index (κ1) is 68.0. The summed E-state index contributed by atoms with van der Waals surface area (Å²) in [5, 5.41) is 22.2. The Hall–Kier alpha value is -8.36. The van der Waals surface area contributed by atoms with Gasteiger partial charge in [0.2, 0.25) is 0 Å². The van der Waals surface area contributed by atoms with Gasteiger partial charge in [0.05, 0.1) is 44.2 Å². The van der Waals surface area contributed by atoms with Crippen molar-refractivity contribution in [2.45, 2.75) is 182 Å². The monoisotopic (exact) mass is 1220 g/mol. The van der Waals surface area contributed by atoms with Crippen molar-refractivity contribution in [3.05, 3.63) is 259 Å². The number of unbranched alkanes of at least 4 members (excludes halogenated alkanes) is 20. The molecular formula is C84H104N8. The van der Waals surface area contributed by atoms with Crippen molar-refractivity contribution in [1.29, 1.82) is 0 Å². The van der Waals surface area contributed by atoms with Crippen LogP contribution in [0.4, 0.5) is 22.7 Å². The molecule has 0 unspecified atom stereocenters. The second-order valence-corrected chi connectivity index (χ2v) is 25.1. The Kier molecular flexibility index (Phi) is 28.4. The van der Waals surface area contributed by atoms with Gasteiger partial charge in [-0.05, 0) is 123 Å². The third kappa shape index (κ3) is 21.9. The van der Waals surface area contributed by atoms with E-state index in [2.05, 4.69) is 243 Å². The molecule has 8 heteroatoms. The molecule has 0 fully saturated rings. The number of nitrogens with zero attached hydrogens (tertiary/aromatic N) is 4. The standard InChI is InChI=1S/C84H104N8/c1-5-9-13-17-21-25-61-85-73-45-29-65(30-46-73)81-69-37-53-78(54-38-69)90-83(67-33-49-75(50-34-67)87-63-27-23-19-15-11-7-3)71-41-57-80(58-42-71)92-84(68-35-51-76(52-36-68)88-64-28-24-20-16-12-8-4)72-43-59-79(60-44-72)91-82(70-39-55-77(89-81)56-40-70)66-31-47-74(48-32-66)86-62-26-22-18-14-10-6-2/h29-60,85-88H,5-28,61-64H2,1-4H3. The first-order valence-electron chi connectivity index (χ1n) is 35.6. The molecule has 0 amide bonds. The SMILES string of the molecule is CCCCCCCCNc1ccc(C2=c3ccc(cc3)=NC(c3ccc(NCCCCCCCC)cc3)=c3ccc(cc3)=NC(c3ccc(NCCCCCCCC)cc3)=c3ccc(cc3)=NC(c3ccc(NCCCCCCCC)cc3)=c3ccc(cc3)=N2)cc1. The lowest BCUT2D eigenvalue weighted by Crippen LogP contribution is -2.17. The number of hydrogen-bond acceptors (Lipinski definition) is 8. The van der Waals surface area contributed by atoms with Crippen LogP contribution in [-0.4, -0.2) is 26.2 Å². The zero-order valence-corrected chi connectivity index (χ0v) is 56.1. The van der Waals surface area contributed by atoms with E-state index in [1.165, 1.54) is 154 Å². The summed E-state index contributed by atoms with van der Waals surface area (Å²) < 4.78 is 0. The summed E-state index contributed by atoms with van der Waals surface area (Å²) in [6, 6.07) is 69.5. The highest BCUT2D eigenvalue weighted by molar-refractivity contribution is 5.70. The van der Waals surface area contributed by atoms with E-state index in [-0.39, 0.29) is 0 Å². The van der Waals surface area contributed by atoms with Gasteiger partial charge in [0, 0.05) is 92.1 Å². The Morgan fingerprint density at radius 2 is 0.370 bits per heavy atom. The molecule has 0 radical (unpaired) electrons. The molecule has 480 valence electrons. The lowest BCUT2D eigenvalue weighted by Gasteiger charge is -2.10. The van der Waals surface area contributed by atoms with E-state index in [4.69, 9.17) is 20.0 Å². The average molecular weight is 1230 g/mol. The van der Waals surface area contributed by atoms with Crippen LogP contribution < -0.4 is 63.6 Å². The van der Waals surface area contributed by atoms with Crippen LogP contribution in [0.5, 0.6) is 0 Å². The minimum absolute atomic E-state index is 0.854. The van der Waals surface area contributed by atoms with Gasteiger partial charge in [-0.25, -0.2) is 20.0 Å². The van der Waals surface area contributed by atoms with Crippen molar-refractivity contribution in [3.8, 4) is 0 Å². The first-order valence-corrected chi connectivity index (χ1v) is 35.6. The highest BCUT2D eigenvalue weighted by Crippen LogP contribution is 2.22. The van der Waals surface area contributed by atoms with Gasteiger partial charge >= 0.3 is 0 Å². The van der Waals surface area contributed by atoms with E-state index in [0.717, 1.165) is 136 Å². The molecule has 0 spiro atoms. The fourth-order valence-electron chi connectivity index (χ4n) is 12.0. The molecule has 8 bridgehead atoms. The van der Waals surface area contributed by atoms with Crippen LogP contribution in [0.15, 0.2) is 214 Å². The predicted molar refractivity (Wildman–Crippen MR) is 392 cm³/mol. The maximum absolute atomic E-state index is 5.48. The van der Waals surface area contributed by atoms with Gasteiger partial charge in [-0.1, -0.05) is 253 Å². The molecule has 0 saturated carbocycles. The van der Waals surface area contributed by atoms with Crippen LogP contribution in [0, 0.1) is 0 Å². The van der Waals surface area contributed by atoms with Crippen LogP contribution in [0.1, 0.15) is 204 Å². The van der Waals surface area contributed by atoms with E-state index in [1.807, 2.05) is 0 Å². The van der Waals surface area contributed by atoms with Gasteiger partial charge in [0.1, 0.15) is 0 Å². The van der Waals surface area contributed by atoms with E-state index in [9.17, 15) is 0 Å². The molecule has 8 aromatic carbocycles. The summed E-state index contributed by atoms with van der Waals surface area (Å²) in [5.74, 6) is 0. The lowest BCUT2D eigenvalue weighted by atomic mass is 10.1. The molecule has 0 atom stereocenters. The normalized spacial score (nSPS) is 12.3. The van der Waals surface area contributed by atoms with Gasteiger partial charge in [0.15, 0.2) is 0 Å². The highest BCUT2D eigenvalue weighted by atomic mass is 14.9. The van der Waals surface area contributed by atoms with Crippen molar-refractivity contribution < 1.29 is 0 Å². The Labute approximate surface area is 550 Å². The summed E-state index contributed by atoms with van der Waals surface area (Å²) in [6.07, 6.45) is 30.5. The molecule has 8 nitrogen and oxygen atoms in total. The molecule has 4 N–H and O–H groups in total. The van der Waals surface area contributed by atoms with E-state index < -0.39 is 0 Å². The van der Waals surface area contributed by atoms with Gasteiger partial charge in [-0.15, -0.1) is 0 Å². The van der Waals surface area contributed by atoms with Gasteiger partial charge < -0.3 is 21.3 Å². The topological polar surface area (TPSA) is 97.6 Å². The molecule has 7 aliphatic rings. The zero-order valence-electron chi connectivity index (χ0n) is 56.1. The van der Waals surface area contributed by atoms with E-state index in [0.29, 0.717) is 0 Å². The van der Waals surface area contributed by atoms with Gasteiger partial charge in [0.25, 0.3) is 0 Å². The van der Waals surface area contributed by atoms with Crippen LogP contribution in [0.3, 0.4) is 0 Å². The smallest absolute Gasteiger partial charge is 0.0781 e. The minimum atomic E-state index is 0.854. The number of rotatable bonds is 36. The van der Waals surface area contributed by atoms with E-state index in [1.54, 1.807) is 0 Å². The van der Waals surface area contributed by atoms with Crippen molar-refractivity contribution in [3.63, 3.8) is 0 Å². The molecule has 8 aromatic rings. The predicted octanol–water partition coefficient (Wildman–Crippen LogP) is 17.0. The van der Waals surface area contributed by atoms with Gasteiger partial charge in [-0.2, -0.15) is 0 Å². The lowest BCUT2D eigenvalue weighted by molar-refractivity contribution is 0.617. The third-order valence-electron chi connectivity index (χ3n) is 17.6. The summed E-state index contributed by atoms with van der Waals surface area (Å²) >= 11 is 0. The van der Waals surface area contributed by atoms with Gasteiger partial charge in [-0.3, -0.25) is 0 Å². The number of anilines is 4. The molecule has 7 aliphatic heterocycles.